The Morgan fingerprint density at radius 1 is 0.655 bits per heavy atom. The minimum atomic E-state index is -0.370. The second-order valence-electron chi connectivity index (χ2n) is 6.18. The lowest BCUT2D eigenvalue weighted by molar-refractivity contribution is 0.0948. The molecule has 0 bridgehead atoms. The molecule has 150 valence electrons. The highest BCUT2D eigenvalue weighted by atomic mass is 32.1. The molecule has 0 saturated heterocycles. The molecule has 2 amide bonds. The van der Waals surface area contributed by atoms with Crippen LogP contribution in [0.2, 0.25) is 0 Å². The summed E-state index contributed by atoms with van der Waals surface area (Å²) in [6.45, 7) is 0.299. The lowest BCUT2D eigenvalue weighted by Crippen LogP contribution is -2.22. The molecule has 0 radical (unpaired) electrons. The molecule has 0 aliphatic rings. The zero-order valence-corrected chi connectivity index (χ0v) is 15.9. The van der Waals surface area contributed by atoms with Crippen molar-refractivity contribution in [3.63, 3.8) is 0 Å². The van der Waals surface area contributed by atoms with E-state index in [4.69, 9.17) is 0 Å². The summed E-state index contributed by atoms with van der Waals surface area (Å²) in [5.74, 6) is -1.76. The number of nitrogens with one attached hydrogen (secondary N) is 2. The molecule has 0 unspecified atom stereocenters. The van der Waals surface area contributed by atoms with Crippen LogP contribution in [0, 0.1) is 0 Å². The van der Waals surface area contributed by atoms with Gasteiger partial charge in [0.25, 0.3) is 11.8 Å². The Morgan fingerprint density at radius 2 is 1.07 bits per heavy atom. The molecule has 0 atom stereocenters. The summed E-state index contributed by atoms with van der Waals surface area (Å²) < 4.78 is 0. The van der Waals surface area contributed by atoms with Crippen LogP contribution in [-0.2, 0) is 13.1 Å². The van der Waals surface area contributed by atoms with Gasteiger partial charge in [0.05, 0.1) is 9.75 Å². The first kappa shape index (κ1) is 20.0. The molecule has 0 saturated carbocycles. The number of phenolic OH excluding ortho intramolecular Hbond substituents is 4. The average Bonchev–Trinajstić information content (AvgIpc) is 3.20. The first-order valence-corrected chi connectivity index (χ1v) is 9.33. The Labute approximate surface area is 169 Å². The van der Waals surface area contributed by atoms with Crippen LogP contribution < -0.4 is 10.6 Å². The van der Waals surface area contributed by atoms with Gasteiger partial charge < -0.3 is 31.1 Å². The number of aromatic hydroxyl groups is 4. The van der Waals surface area contributed by atoms with Gasteiger partial charge in [-0.15, -0.1) is 11.3 Å². The highest BCUT2D eigenvalue weighted by Crippen LogP contribution is 2.26. The molecule has 2 aromatic carbocycles. The Morgan fingerprint density at radius 3 is 1.45 bits per heavy atom. The number of thiophene rings is 1. The second-order valence-corrected chi connectivity index (χ2v) is 7.26. The number of benzene rings is 2. The van der Waals surface area contributed by atoms with E-state index in [1.807, 2.05) is 0 Å². The first-order valence-electron chi connectivity index (χ1n) is 8.51. The summed E-state index contributed by atoms with van der Waals surface area (Å²) in [6.07, 6.45) is 0. The van der Waals surface area contributed by atoms with Gasteiger partial charge in [0.15, 0.2) is 23.0 Å². The van der Waals surface area contributed by atoms with E-state index in [2.05, 4.69) is 10.6 Å². The van der Waals surface area contributed by atoms with Crippen LogP contribution in [0.1, 0.15) is 30.5 Å². The van der Waals surface area contributed by atoms with Crippen LogP contribution in [0.15, 0.2) is 48.5 Å². The topological polar surface area (TPSA) is 139 Å². The third-order valence-corrected chi connectivity index (χ3v) is 5.12. The quantitative estimate of drug-likeness (QED) is 0.343. The molecular formula is C20H18N2O6S. The van der Waals surface area contributed by atoms with Gasteiger partial charge in [0.2, 0.25) is 0 Å². The Balaban J connectivity index is 1.55. The lowest BCUT2D eigenvalue weighted by Gasteiger charge is -2.06. The monoisotopic (exact) mass is 414 g/mol. The molecule has 1 aromatic heterocycles. The van der Waals surface area contributed by atoms with E-state index in [-0.39, 0.29) is 47.9 Å². The number of hydrogen-bond acceptors (Lipinski definition) is 7. The molecule has 9 heteroatoms. The van der Waals surface area contributed by atoms with Crippen LogP contribution in [0.3, 0.4) is 0 Å². The van der Waals surface area contributed by atoms with Crippen molar-refractivity contribution < 1.29 is 30.0 Å². The Hall–Kier alpha value is -3.72. The van der Waals surface area contributed by atoms with E-state index in [1.165, 1.54) is 36.4 Å². The third-order valence-electron chi connectivity index (χ3n) is 4.04. The lowest BCUT2D eigenvalue weighted by atomic mass is 10.2. The summed E-state index contributed by atoms with van der Waals surface area (Å²) >= 11 is 1.03. The van der Waals surface area contributed by atoms with Crippen molar-refractivity contribution in [2.75, 3.05) is 0 Å². The minimum Gasteiger partial charge on any atom is -0.504 e. The fraction of sp³-hybridized carbons (Fsp3) is 0.100. The fourth-order valence-electron chi connectivity index (χ4n) is 2.48. The summed E-state index contributed by atoms with van der Waals surface area (Å²) in [5, 5.41) is 42.9. The largest absolute Gasteiger partial charge is 0.504 e. The minimum absolute atomic E-state index is 0.149. The maximum absolute atomic E-state index is 12.3. The summed E-state index contributed by atoms with van der Waals surface area (Å²) in [5.41, 5.74) is 1.22. The smallest absolute Gasteiger partial charge is 0.261 e. The number of carbonyl (C=O) groups is 2. The van der Waals surface area contributed by atoms with Crippen LogP contribution in [0.5, 0.6) is 23.0 Å². The van der Waals surface area contributed by atoms with E-state index >= 15 is 0 Å². The number of amides is 2. The van der Waals surface area contributed by atoms with E-state index in [9.17, 15) is 30.0 Å². The van der Waals surface area contributed by atoms with Crippen molar-refractivity contribution >= 4 is 23.2 Å². The molecule has 0 fully saturated rings. The zero-order valence-electron chi connectivity index (χ0n) is 15.0. The predicted molar refractivity (Wildman–Crippen MR) is 106 cm³/mol. The van der Waals surface area contributed by atoms with Gasteiger partial charge >= 0.3 is 0 Å². The second kappa shape index (κ2) is 8.53. The van der Waals surface area contributed by atoms with Gasteiger partial charge in [-0.25, -0.2) is 0 Å². The SMILES string of the molecule is O=C(NCc1ccc(O)c(O)c1)c1ccc(C(=O)NCc2ccc(O)c(O)c2)s1. The normalized spacial score (nSPS) is 10.5. The number of carbonyl (C=O) groups excluding carboxylic acids is 2. The highest BCUT2D eigenvalue weighted by Gasteiger charge is 2.14. The van der Waals surface area contributed by atoms with E-state index < -0.39 is 0 Å². The van der Waals surface area contributed by atoms with Crippen LogP contribution in [-0.4, -0.2) is 32.2 Å². The third kappa shape index (κ3) is 4.96. The predicted octanol–water partition coefficient (Wildman–Crippen LogP) is 2.43. The summed E-state index contributed by atoms with van der Waals surface area (Å²) in [4.78, 5) is 25.2. The molecule has 29 heavy (non-hydrogen) atoms. The molecular weight excluding hydrogens is 396 g/mol. The standard InChI is InChI=1S/C20H18N2O6S/c23-13-3-1-11(7-15(13)25)9-21-19(27)17-5-6-18(29-17)20(28)22-10-12-2-4-14(24)16(26)8-12/h1-8,23-26H,9-10H2,(H,21,27)(H,22,28). The van der Waals surface area contributed by atoms with Crippen LogP contribution in [0.25, 0.3) is 0 Å². The number of hydrogen-bond donors (Lipinski definition) is 6. The van der Waals surface area contributed by atoms with Gasteiger partial charge in [-0.2, -0.15) is 0 Å². The first-order chi connectivity index (χ1) is 13.8. The van der Waals surface area contributed by atoms with E-state index in [0.29, 0.717) is 20.9 Å². The van der Waals surface area contributed by atoms with Gasteiger partial charge in [0.1, 0.15) is 0 Å². The van der Waals surface area contributed by atoms with E-state index in [0.717, 1.165) is 11.3 Å². The molecule has 0 aliphatic heterocycles. The molecule has 3 rings (SSSR count). The molecule has 3 aromatic rings. The molecule has 0 spiro atoms. The maximum atomic E-state index is 12.3. The van der Waals surface area contributed by atoms with Gasteiger partial charge in [-0.3, -0.25) is 9.59 Å². The van der Waals surface area contributed by atoms with Gasteiger partial charge in [0, 0.05) is 13.1 Å². The van der Waals surface area contributed by atoms with Gasteiger partial charge in [-0.05, 0) is 47.5 Å². The van der Waals surface area contributed by atoms with Crippen LogP contribution in [0.4, 0.5) is 0 Å². The summed E-state index contributed by atoms with van der Waals surface area (Å²) in [7, 11) is 0. The maximum Gasteiger partial charge on any atom is 0.261 e. The molecule has 6 N–H and O–H groups in total. The van der Waals surface area contributed by atoms with E-state index in [1.54, 1.807) is 12.1 Å². The van der Waals surface area contributed by atoms with Crippen molar-refractivity contribution in [2.45, 2.75) is 13.1 Å². The fourth-order valence-corrected chi connectivity index (χ4v) is 3.32. The number of rotatable bonds is 6. The summed E-state index contributed by atoms with van der Waals surface area (Å²) in [6, 6.07) is 11.6. The van der Waals surface area contributed by atoms with Crippen molar-refractivity contribution in [1.82, 2.24) is 10.6 Å². The average molecular weight is 414 g/mol. The number of phenols is 4. The zero-order chi connectivity index (χ0) is 21.0. The van der Waals surface area contributed by atoms with Crippen molar-refractivity contribution in [3.8, 4) is 23.0 Å². The highest BCUT2D eigenvalue weighted by molar-refractivity contribution is 7.15. The Bertz CT molecular complexity index is 981. The molecule has 1 heterocycles. The van der Waals surface area contributed by atoms with Crippen molar-refractivity contribution in [1.29, 1.82) is 0 Å². The van der Waals surface area contributed by atoms with Gasteiger partial charge in [-0.1, -0.05) is 12.1 Å². The Kier molecular flexibility index (Phi) is 5.89. The molecule has 0 aliphatic carbocycles. The van der Waals surface area contributed by atoms with Crippen molar-refractivity contribution in [2.24, 2.45) is 0 Å². The molecule has 8 nitrogen and oxygen atoms in total. The van der Waals surface area contributed by atoms with Crippen molar-refractivity contribution in [3.05, 3.63) is 69.4 Å². The van der Waals surface area contributed by atoms with Crippen LogP contribution >= 0.6 is 11.3 Å².